The van der Waals surface area contributed by atoms with Crippen LogP contribution in [0.2, 0.25) is 0 Å². The molecule has 1 rings (SSSR count). The van der Waals surface area contributed by atoms with Gasteiger partial charge in [0, 0.05) is 20.6 Å². The lowest BCUT2D eigenvalue weighted by Gasteiger charge is -2.26. The Balaban J connectivity index is 3.19. The number of nitrogens with one attached hydrogen (secondary N) is 1. The number of rotatable bonds is 5. The molecule has 0 saturated heterocycles. The molecule has 0 saturated carbocycles. The van der Waals surface area contributed by atoms with Gasteiger partial charge in [-0.25, -0.2) is 9.97 Å². The van der Waals surface area contributed by atoms with Crippen LogP contribution in [0.3, 0.4) is 0 Å². The number of aliphatic hydroxyl groups is 1. The quantitative estimate of drug-likeness (QED) is 0.587. The van der Waals surface area contributed by atoms with Crippen molar-refractivity contribution in [3.8, 4) is 0 Å². The largest absolute Gasteiger partial charge is 0.389 e. The van der Waals surface area contributed by atoms with Crippen molar-refractivity contribution in [2.24, 2.45) is 0 Å². The van der Waals surface area contributed by atoms with Gasteiger partial charge in [0.1, 0.15) is 6.33 Å². The van der Waals surface area contributed by atoms with Gasteiger partial charge in [-0.2, -0.15) is 0 Å². The molecule has 0 aliphatic rings. The molecule has 0 fully saturated rings. The van der Waals surface area contributed by atoms with Gasteiger partial charge in [0.25, 0.3) is 0 Å². The van der Waals surface area contributed by atoms with Gasteiger partial charge in [-0.15, -0.1) is 0 Å². The van der Waals surface area contributed by atoms with Gasteiger partial charge in [0.2, 0.25) is 11.6 Å². The van der Waals surface area contributed by atoms with Crippen LogP contribution in [0.15, 0.2) is 6.33 Å². The Morgan fingerprint density at radius 1 is 1.56 bits per heavy atom. The molecule has 0 aromatic carbocycles. The van der Waals surface area contributed by atoms with Crippen molar-refractivity contribution < 1.29 is 10.0 Å². The molecule has 8 nitrogen and oxygen atoms in total. The van der Waals surface area contributed by atoms with Crippen LogP contribution < -0.4 is 10.2 Å². The highest BCUT2D eigenvalue weighted by Crippen LogP contribution is 2.31. The molecule has 0 bridgehead atoms. The Kier molecular flexibility index (Phi) is 4.02. The summed E-state index contributed by atoms with van der Waals surface area (Å²) in [5.41, 5.74) is -1.18. The fraction of sp³-hybridized carbons (Fsp3) is 0.600. The maximum Gasteiger partial charge on any atom is 0.353 e. The summed E-state index contributed by atoms with van der Waals surface area (Å²) in [6.45, 7) is 3.46. The van der Waals surface area contributed by atoms with Crippen LogP contribution >= 0.6 is 0 Å². The van der Waals surface area contributed by atoms with Gasteiger partial charge < -0.3 is 15.3 Å². The minimum absolute atomic E-state index is 0.146. The minimum Gasteiger partial charge on any atom is -0.389 e. The first kappa shape index (κ1) is 14.1. The van der Waals surface area contributed by atoms with Crippen LogP contribution in [0.5, 0.6) is 0 Å². The van der Waals surface area contributed by atoms with Gasteiger partial charge in [-0.05, 0) is 13.8 Å². The molecular formula is C10H17N5O3. The first-order chi connectivity index (χ1) is 8.26. The van der Waals surface area contributed by atoms with E-state index in [0.717, 1.165) is 0 Å². The fourth-order valence-corrected chi connectivity index (χ4v) is 1.66. The average Bonchev–Trinajstić information content (AvgIpc) is 2.25. The van der Waals surface area contributed by atoms with E-state index in [1.165, 1.54) is 11.2 Å². The summed E-state index contributed by atoms with van der Waals surface area (Å²) in [7, 11) is 3.18. The Hall–Kier alpha value is -1.96. The van der Waals surface area contributed by atoms with E-state index in [-0.39, 0.29) is 23.9 Å². The van der Waals surface area contributed by atoms with Crippen molar-refractivity contribution in [3.05, 3.63) is 16.4 Å². The maximum atomic E-state index is 11.1. The molecule has 0 radical (unpaired) electrons. The molecular weight excluding hydrogens is 238 g/mol. The zero-order valence-electron chi connectivity index (χ0n) is 10.8. The normalized spacial score (nSPS) is 11.2. The van der Waals surface area contributed by atoms with Crippen molar-refractivity contribution in [1.29, 1.82) is 0 Å². The SMILES string of the molecule is CNc1ncnc(N(C)CC(C)(C)O)c1[N+](=O)[O-]. The molecule has 1 heterocycles. The summed E-state index contributed by atoms with van der Waals surface area (Å²) in [5, 5.41) is 23.5. The third-order valence-electron chi connectivity index (χ3n) is 2.21. The molecule has 1 aromatic heterocycles. The molecule has 8 heteroatoms. The van der Waals surface area contributed by atoms with Crippen LogP contribution in [0.1, 0.15) is 13.8 Å². The number of hydrogen-bond acceptors (Lipinski definition) is 7. The number of aromatic nitrogens is 2. The number of anilines is 2. The predicted molar refractivity (Wildman–Crippen MR) is 67.8 cm³/mol. The van der Waals surface area contributed by atoms with E-state index in [0.29, 0.717) is 0 Å². The molecule has 1 aromatic rings. The lowest BCUT2D eigenvalue weighted by Crippen LogP contribution is -2.37. The molecule has 100 valence electrons. The summed E-state index contributed by atoms with van der Waals surface area (Å²) in [5.74, 6) is 0.314. The van der Waals surface area contributed by atoms with E-state index in [2.05, 4.69) is 15.3 Å². The van der Waals surface area contributed by atoms with E-state index in [1.807, 2.05) is 0 Å². The maximum absolute atomic E-state index is 11.1. The number of nitro groups is 1. The van der Waals surface area contributed by atoms with E-state index >= 15 is 0 Å². The highest BCUT2D eigenvalue weighted by Gasteiger charge is 2.27. The third-order valence-corrected chi connectivity index (χ3v) is 2.21. The van der Waals surface area contributed by atoms with Crippen molar-refractivity contribution in [2.75, 3.05) is 30.9 Å². The summed E-state index contributed by atoms with van der Waals surface area (Å²) < 4.78 is 0. The van der Waals surface area contributed by atoms with E-state index in [1.54, 1.807) is 27.9 Å². The van der Waals surface area contributed by atoms with Gasteiger partial charge in [0.15, 0.2) is 0 Å². The fourth-order valence-electron chi connectivity index (χ4n) is 1.66. The topological polar surface area (TPSA) is 104 Å². The van der Waals surface area contributed by atoms with Gasteiger partial charge in [-0.3, -0.25) is 10.1 Å². The number of hydrogen-bond donors (Lipinski definition) is 2. The molecule has 0 aliphatic carbocycles. The second-order valence-corrected chi connectivity index (χ2v) is 4.57. The van der Waals surface area contributed by atoms with Gasteiger partial charge in [0.05, 0.1) is 10.5 Å². The standard InChI is InChI=1S/C10H17N5O3/c1-10(2,16)5-14(4)9-7(15(17)18)8(11-3)12-6-13-9/h6,16H,5H2,1-4H3,(H,11,12,13). The van der Waals surface area contributed by atoms with Crippen LogP contribution in [0.4, 0.5) is 17.3 Å². The first-order valence-corrected chi connectivity index (χ1v) is 5.37. The minimum atomic E-state index is -0.979. The molecule has 2 N–H and O–H groups in total. The number of nitrogens with zero attached hydrogens (tertiary/aromatic N) is 4. The Bertz CT molecular complexity index is 444. The van der Waals surface area contributed by atoms with Crippen LogP contribution in [0, 0.1) is 10.1 Å². The van der Waals surface area contributed by atoms with Crippen molar-refractivity contribution in [1.82, 2.24) is 9.97 Å². The number of likely N-dealkylation sites (N-methyl/N-ethyl adjacent to an activating group) is 1. The highest BCUT2D eigenvalue weighted by molar-refractivity contribution is 5.69. The van der Waals surface area contributed by atoms with Gasteiger partial charge >= 0.3 is 5.69 Å². The van der Waals surface area contributed by atoms with Crippen molar-refractivity contribution >= 4 is 17.3 Å². The third kappa shape index (κ3) is 3.27. The lowest BCUT2D eigenvalue weighted by molar-refractivity contribution is -0.383. The predicted octanol–water partition coefficient (Wildman–Crippen LogP) is 0.634. The van der Waals surface area contributed by atoms with Crippen LogP contribution in [-0.2, 0) is 0 Å². The Morgan fingerprint density at radius 2 is 2.17 bits per heavy atom. The molecule has 0 atom stereocenters. The zero-order chi connectivity index (χ0) is 13.9. The monoisotopic (exact) mass is 255 g/mol. The van der Waals surface area contributed by atoms with Gasteiger partial charge in [-0.1, -0.05) is 0 Å². The first-order valence-electron chi connectivity index (χ1n) is 5.37. The second kappa shape index (κ2) is 5.13. The average molecular weight is 255 g/mol. The lowest BCUT2D eigenvalue weighted by atomic mass is 10.1. The van der Waals surface area contributed by atoms with E-state index in [9.17, 15) is 15.2 Å². The van der Waals surface area contributed by atoms with Crippen LogP contribution in [0.25, 0.3) is 0 Å². The van der Waals surface area contributed by atoms with Crippen LogP contribution in [-0.4, -0.2) is 46.2 Å². The molecule has 0 spiro atoms. The molecule has 0 amide bonds. The summed E-state index contributed by atoms with van der Waals surface area (Å²) in [6.07, 6.45) is 1.25. The second-order valence-electron chi connectivity index (χ2n) is 4.57. The molecule has 18 heavy (non-hydrogen) atoms. The Labute approximate surface area is 105 Å². The molecule has 0 aliphatic heterocycles. The summed E-state index contributed by atoms with van der Waals surface area (Å²) >= 11 is 0. The van der Waals surface area contributed by atoms with E-state index < -0.39 is 10.5 Å². The van der Waals surface area contributed by atoms with Crippen molar-refractivity contribution in [3.63, 3.8) is 0 Å². The molecule has 0 unspecified atom stereocenters. The summed E-state index contributed by atoms with van der Waals surface area (Å²) in [4.78, 5) is 19.8. The highest BCUT2D eigenvalue weighted by atomic mass is 16.6. The summed E-state index contributed by atoms with van der Waals surface area (Å²) in [6, 6.07) is 0. The Morgan fingerprint density at radius 3 is 2.61 bits per heavy atom. The smallest absolute Gasteiger partial charge is 0.353 e. The zero-order valence-corrected chi connectivity index (χ0v) is 10.8. The van der Waals surface area contributed by atoms with Crippen molar-refractivity contribution in [2.45, 2.75) is 19.4 Å². The van der Waals surface area contributed by atoms with E-state index in [4.69, 9.17) is 0 Å².